The van der Waals surface area contributed by atoms with Crippen LogP contribution in [-0.2, 0) is 0 Å². The molecule has 2 nitrogen and oxygen atoms in total. The van der Waals surface area contributed by atoms with Gasteiger partial charge in [-0.2, -0.15) is 0 Å². The molecule has 1 aliphatic carbocycles. The Bertz CT molecular complexity index is 432. The Labute approximate surface area is 121 Å². The van der Waals surface area contributed by atoms with Crippen LogP contribution in [0.4, 0.5) is 0 Å². The molecule has 0 aliphatic heterocycles. The Balaban J connectivity index is 2.14. The Hall–Kier alpha value is -0.601. The number of rotatable bonds is 4. The van der Waals surface area contributed by atoms with Gasteiger partial charge in [0.25, 0.3) is 0 Å². The molecular formula is C16H22O2Se. The fourth-order valence-electron chi connectivity index (χ4n) is 2.63. The normalized spacial score (nSPS) is 31.1. The van der Waals surface area contributed by atoms with Gasteiger partial charge >= 0.3 is 121 Å². The molecule has 1 aliphatic rings. The molecule has 3 atom stereocenters. The van der Waals surface area contributed by atoms with Gasteiger partial charge in [0.05, 0.1) is 0 Å². The molecule has 1 saturated carbocycles. The summed E-state index contributed by atoms with van der Waals surface area (Å²) in [6.45, 7) is 6.00. The van der Waals surface area contributed by atoms with Crippen LogP contribution in [0.1, 0.15) is 26.2 Å². The first-order valence-corrected chi connectivity index (χ1v) is 8.60. The molecule has 2 rings (SSSR count). The molecule has 0 spiro atoms. The molecule has 0 heterocycles. The number of aliphatic hydroxyl groups is 2. The van der Waals surface area contributed by atoms with E-state index in [1.807, 2.05) is 18.2 Å². The molecule has 1 aromatic rings. The van der Waals surface area contributed by atoms with Gasteiger partial charge in [-0.15, -0.1) is 0 Å². The van der Waals surface area contributed by atoms with Crippen LogP contribution >= 0.6 is 0 Å². The van der Waals surface area contributed by atoms with Crippen LogP contribution in [0.2, 0.25) is 4.82 Å². The summed E-state index contributed by atoms with van der Waals surface area (Å²) in [6.07, 6.45) is 2.56. The summed E-state index contributed by atoms with van der Waals surface area (Å²) in [7, 11) is 0. The summed E-state index contributed by atoms with van der Waals surface area (Å²) in [6, 6.07) is 10.3. The summed E-state index contributed by atoms with van der Waals surface area (Å²) in [5.41, 5.74) is 0.302. The molecule has 104 valence electrons. The van der Waals surface area contributed by atoms with Crippen molar-refractivity contribution in [2.75, 3.05) is 6.61 Å². The number of hydrogen-bond donors (Lipinski definition) is 2. The third-order valence-corrected chi connectivity index (χ3v) is 7.08. The third-order valence-electron chi connectivity index (χ3n) is 4.02. The summed E-state index contributed by atoms with van der Waals surface area (Å²) >= 11 is 0.187. The fourth-order valence-corrected chi connectivity index (χ4v) is 5.53. The zero-order valence-electron chi connectivity index (χ0n) is 11.4. The van der Waals surface area contributed by atoms with Crippen molar-refractivity contribution >= 4 is 19.4 Å². The predicted molar refractivity (Wildman–Crippen MR) is 79.8 cm³/mol. The van der Waals surface area contributed by atoms with Crippen LogP contribution in [0.3, 0.4) is 0 Å². The van der Waals surface area contributed by atoms with Crippen molar-refractivity contribution in [2.24, 2.45) is 5.92 Å². The fraction of sp³-hybridized carbons (Fsp3) is 0.500. The predicted octanol–water partition coefficient (Wildman–Crippen LogP) is 1.90. The Kier molecular flexibility index (Phi) is 4.86. The average Bonchev–Trinajstić information content (AvgIpc) is 2.42. The van der Waals surface area contributed by atoms with E-state index >= 15 is 0 Å². The molecule has 1 aromatic carbocycles. The van der Waals surface area contributed by atoms with E-state index in [0.717, 1.165) is 12.8 Å². The molecule has 2 N–H and O–H groups in total. The molecule has 0 aromatic heterocycles. The number of benzene rings is 1. The molecular weight excluding hydrogens is 303 g/mol. The van der Waals surface area contributed by atoms with Crippen LogP contribution in [0.5, 0.6) is 0 Å². The first-order valence-electron chi connectivity index (χ1n) is 6.75. The van der Waals surface area contributed by atoms with Gasteiger partial charge in [-0.3, -0.25) is 0 Å². The maximum absolute atomic E-state index is 10.6. The molecule has 0 unspecified atom stereocenters. The standard InChI is InChI=1S/C16H22O2Se/c1-12(2)13-8-9-16(18,11-17)15(10-13)19-14-6-4-3-5-7-14/h3-7,13,15,17-18H,1,8-11H2,2H3/t13-,15-,16+/m0/s1. The van der Waals surface area contributed by atoms with Crippen molar-refractivity contribution in [3.8, 4) is 0 Å². The summed E-state index contributed by atoms with van der Waals surface area (Å²) in [5.74, 6) is 0.488. The van der Waals surface area contributed by atoms with Gasteiger partial charge < -0.3 is 0 Å². The van der Waals surface area contributed by atoms with E-state index in [-0.39, 0.29) is 26.4 Å². The average molecular weight is 325 g/mol. The summed E-state index contributed by atoms with van der Waals surface area (Å²) in [4.78, 5) is 0.169. The molecule has 1 fully saturated rings. The van der Waals surface area contributed by atoms with Crippen molar-refractivity contribution in [2.45, 2.75) is 36.6 Å². The Morgan fingerprint density at radius 2 is 2.11 bits per heavy atom. The first kappa shape index (κ1) is 14.8. The SMILES string of the molecule is C=C(C)[C@H]1CC[C@@](O)(CO)[C@@H]([Se]c2ccccc2)C1. The van der Waals surface area contributed by atoms with Crippen molar-refractivity contribution in [1.82, 2.24) is 0 Å². The minimum atomic E-state index is -0.901. The molecule has 0 saturated heterocycles. The second kappa shape index (κ2) is 6.23. The molecule has 3 heteroatoms. The number of hydrogen-bond acceptors (Lipinski definition) is 2. The van der Waals surface area contributed by atoms with Crippen LogP contribution in [0.15, 0.2) is 42.5 Å². The Morgan fingerprint density at radius 1 is 1.42 bits per heavy atom. The van der Waals surface area contributed by atoms with Crippen molar-refractivity contribution in [3.63, 3.8) is 0 Å². The third kappa shape index (κ3) is 3.49. The monoisotopic (exact) mass is 326 g/mol. The van der Waals surface area contributed by atoms with E-state index in [9.17, 15) is 10.2 Å². The van der Waals surface area contributed by atoms with Gasteiger partial charge in [0.1, 0.15) is 0 Å². The minimum absolute atomic E-state index is 0.130. The second-order valence-corrected chi connectivity index (χ2v) is 8.18. The second-order valence-electron chi connectivity index (χ2n) is 5.50. The summed E-state index contributed by atoms with van der Waals surface area (Å²) in [5, 5.41) is 20.2. The van der Waals surface area contributed by atoms with E-state index in [0.29, 0.717) is 12.3 Å². The van der Waals surface area contributed by atoms with Crippen LogP contribution in [0.25, 0.3) is 0 Å². The van der Waals surface area contributed by atoms with Gasteiger partial charge in [-0.25, -0.2) is 0 Å². The van der Waals surface area contributed by atoms with Crippen molar-refractivity contribution in [1.29, 1.82) is 0 Å². The zero-order valence-corrected chi connectivity index (χ0v) is 13.1. The van der Waals surface area contributed by atoms with Gasteiger partial charge in [-0.1, -0.05) is 0 Å². The van der Waals surface area contributed by atoms with Crippen molar-refractivity contribution < 1.29 is 10.2 Å². The van der Waals surface area contributed by atoms with Gasteiger partial charge in [0, 0.05) is 0 Å². The van der Waals surface area contributed by atoms with Crippen LogP contribution in [0, 0.1) is 5.92 Å². The van der Waals surface area contributed by atoms with Gasteiger partial charge in [-0.05, 0) is 0 Å². The topological polar surface area (TPSA) is 40.5 Å². The van der Waals surface area contributed by atoms with E-state index < -0.39 is 5.60 Å². The van der Waals surface area contributed by atoms with Crippen molar-refractivity contribution in [3.05, 3.63) is 42.5 Å². The Morgan fingerprint density at radius 3 is 2.68 bits per heavy atom. The van der Waals surface area contributed by atoms with E-state index in [2.05, 4.69) is 25.6 Å². The molecule has 0 bridgehead atoms. The number of allylic oxidation sites excluding steroid dienone is 1. The quantitative estimate of drug-likeness (QED) is 0.656. The van der Waals surface area contributed by atoms with E-state index in [1.54, 1.807) is 0 Å². The number of aliphatic hydroxyl groups excluding tert-OH is 1. The van der Waals surface area contributed by atoms with Gasteiger partial charge in [0.2, 0.25) is 0 Å². The first-order chi connectivity index (χ1) is 9.05. The van der Waals surface area contributed by atoms with Crippen LogP contribution in [-0.4, -0.2) is 37.4 Å². The van der Waals surface area contributed by atoms with Gasteiger partial charge in [0.15, 0.2) is 0 Å². The molecule has 0 amide bonds. The molecule has 19 heavy (non-hydrogen) atoms. The zero-order chi connectivity index (χ0) is 13.9. The van der Waals surface area contributed by atoms with E-state index in [1.165, 1.54) is 10.0 Å². The maximum atomic E-state index is 10.6. The van der Waals surface area contributed by atoms with E-state index in [4.69, 9.17) is 0 Å². The molecule has 0 radical (unpaired) electrons. The van der Waals surface area contributed by atoms with Crippen LogP contribution < -0.4 is 4.46 Å². The summed E-state index contributed by atoms with van der Waals surface area (Å²) < 4.78 is 1.29.